The van der Waals surface area contributed by atoms with Crippen LogP contribution >= 0.6 is 0 Å². The van der Waals surface area contributed by atoms with Gasteiger partial charge in [-0.05, 0) is 54.7 Å². The summed E-state index contributed by atoms with van der Waals surface area (Å²) in [5.74, 6) is 0.268. The van der Waals surface area contributed by atoms with Crippen LogP contribution in [-0.4, -0.2) is 5.11 Å². The standard InChI is InChI=1S/C24H23FOS/c25-20-13-16-24(23(26)17-20)27(21-9-5-2-6-10-21)22-14-11-19(12-15-22)18-7-3-1-4-8-18/h2,5-6,9-18H,1,3-4,7-8H2/p+1. The number of hydrogen-bond donors (Lipinski definition) is 1. The second kappa shape index (κ2) is 8.18. The first kappa shape index (κ1) is 18.1. The minimum absolute atomic E-state index is 0.0125. The zero-order valence-electron chi connectivity index (χ0n) is 15.3. The van der Waals surface area contributed by atoms with Crippen molar-refractivity contribution >= 4 is 10.9 Å². The number of hydrogen-bond acceptors (Lipinski definition) is 1. The molecule has 138 valence electrons. The molecule has 0 amide bonds. The third-order valence-corrected chi connectivity index (χ3v) is 7.58. The lowest BCUT2D eigenvalue weighted by atomic mass is 9.84. The van der Waals surface area contributed by atoms with E-state index in [4.69, 9.17) is 0 Å². The van der Waals surface area contributed by atoms with E-state index in [2.05, 4.69) is 36.4 Å². The first-order chi connectivity index (χ1) is 13.2. The van der Waals surface area contributed by atoms with Crippen molar-refractivity contribution in [3.05, 3.63) is 84.2 Å². The number of phenolic OH excluding ortho intramolecular Hbond substituents is 1. The van der Waals surface area contributed by atoms with Crippen LogP contribution in [0.3, 0.4) is 0 Å². The molecule has 0 aliphatic heterocycles. The first-order valence-corrected chi connectivity index (χ1v) is 10.8. The van der Waals surface area contributed by atoms with Gasteiger partial charge in [-0.3, -0.25) is 0 Å². The summed E-state index contributed by atoms with van der Waals surface area (Å²) in [7, 11) is -0.464. The molecular formula is C24H24FOS+. The number of aromatic hydroxyl groups is 1. The van der Waals surface area contributed by atoms with Gasteiger partial charge in [0, 0.05) is 12.1 Å². The van der Waals surface area contributed by atoms with Crippen molar-refractivity contribution in [1.82, 2.24) is 0 Å². The number of halogens is 1. The molecule has 0 aromatic heterocycles. The number of rotatable bonds is 4. The van der Waals surface area contributed by atoms with Crippen LogP contribution in [0, 0.1) is 5.82 Å². The summed E-state index contributed by atoms with van der Waals surface area (Å²) in [6.45, 7) is 0. The van der Waals surface area contributed by atoms with Crippen molar-refractivity contribution in [2.45, 2.75) is 52.7 Å². The molecule has 27 heavy (non-hydrogen) atoms. The smallest absolute Gasteiger partial charge is 0.208 e. The van der Waals surface area contributed by atoms with Gasteiger partial charge in [0.1, 0.15) is 16.7 Å². The topological polar surface area (TPSA) is 20.2 Å². The van der Waals surface area contributed by atoms with Crippen molar-refractivity contribution in [1.29, 1.82) is 0 Å². The van der Waals surface area contributed by atoms with Crippen LogP contribution in [0.2, 0.25) is 0 Å². The highest BCUT2D eigenvalue weighted by Crippen LogP contribution is 2.38. The van der Waals surface area contributed by atoms with Crippen molar-refractivity contribution in [2.75, 3.05) is 0 Å². The van der Waals surface area contributed by atoms with E-state index in [1.807, 2.05) is 18.2 Å². The van der Waals surface area contributed by atoms with Crippen LogP contribution in [0.25, 0.3) is 0 Å². The maximum absolute atomic E-state index is 13.5. The van der Waals surface area contributed by atoms with Crippen LogP contribution in [-0.2, 0) is 10.9 Å². The van der Waals surface area contributed by atoms with Gasteiger partial charge < -0.3 is 5.11 Å². The Morgan fingerprint density at radius 1 is 0.778 bits per heavy atom. The zero-order chi connectivity index (χ0) is 18.6. The highest BCUT2D eigenvalue weighted by Gasteiger charge is 2.32. The van der Waals surface area contributed by atoms with Crippen LogP contribution < -0.4 is 0 Å². The minimum Gasteiger partial charge on any atom is -0.503 e. The summed E-state index contributed by atoms with van der Waals surface area (Å²) in [6, 6.07) is 23.3. The van der Waals surface area contributed by atoms with Crippen LogP contribution in [0.15, 0.2) is 87.5 Å². The van der Waals surface area contributed by atoms with E-state index in [1.54, 1.807) is 6.07 Å². The van der Waals surface area contributed by atoms with Gasteiger partial charge in [0.25, 0.3) is 0 Å². The molecule has 1 aliphatic carbocycles. The Hall–Kier alpha value is -2.26. The molecule has 4 rings (SSSR count). The highest BCUT2D eigenvalue weighted by molar-refractivity contribution is 7.97. The number of phenols is 1. The lowest BCUT2D eigenvalue weighted by Crippen LogP contribution is -2.07. The third kappa shape index (κ3) is 4.03. The Bertz CT molecular complexity index is 886. The van der Waals surface area contributed by atoms with Gasteiger partial charge in [-0.1, -0.05) is 49.6 Å². The van der Waals surface area contributed by atoms with Crippen molar-refractivity contribution in [3.8, 4) is 5.75 Å². The molecule has 1 atom stereocenters. The largest absolute Gasteiger partial charge is 0.503 e. The molecule has 3 aromatic rings. The van der Waals surface area contributed by atoms with Gasteiger partial charge in [0.15, 0.2) is 15.5 Å². The summed E-state index contributed by atoms with van der Waals surface area (Å²) in [5.41, 5.74) is 1.42. The summed E-state index contributed by atoms with van der Waals surface area (Å²) >= 11 is 0. The molecule has 3 aromatic carbocycles. The fourth-order valence-electron chi connectivity index (χ4n) is 3.92. The molecule has 1 nitrogen and oxygen atoms in total. The molecule has 1 unspecified atom stereocenters. The van der Waals surface area contributed by atoms with Gasteiger partial charge in [0.2, 0.25) is 4.90 Å². The summed E-state index contributed by atoms with van der Waals surface area (Å²) < 4.78 is 13.5. The Balaban J connectivity index is 1.72. The molecule has 0 spiro atoms. The normalized spacial score (nSPS) is 16.2. The summed E-state index contributed by atoms with van der Waals surface area (Å²) in [5, 5.41) is 10.4. The molecule has 0 radical (unpaired) electrons. The molecule has 1 aliphatic rings. The lowest BCUT2D eigenvalue weighted by molar-refractivity contribution is 0.443. The summed E-state index contributed by atoms with van der Waals surface area (Å²) in [4.78, 5) is 3.01. The van der Waals surface area contributed by atoms with Gasteiger partial charge in [-0.15, -0.1) is 0 Å². The second-order valence-corrected chi connectivity index (χ2v) is 9.13. The Morgan fingerprint density at radius 3 is 2.11 bits per heavy atom. The van der Waals surface area contributed by atoms with Gasteiger partial charge in [0.05, 0.1) is 0 Å². The summed E-state index contributed by atoms with van der Waals surface area (Å²) in [6.07, 6.45) is 6.56. The molecule has 3 heteroatoms. The Morgan fingerprint density at radius 2 is 1.44 bits per heavy atom. The highest BCUT2D eigenvalue weighted by atomic mass is 32.2. The van der Waals surface area contributed by atoms with E-state index in [9.17, 15) is 9.50 Å². The van der Waals surface area contributed by atoms with E-state index in [0.717, 1.165) is 14.7 Å². The van der Waals surface area contributed by atoms with Gasteiger partial charge in [-0.2, -0.15) is 0 Å². The van der Waals surface area contributed by atoms with Gasteiger partial charge in [-0.25, -0.2) is 4.39 Å². The third-order valence-electron chi connectivity index (χ3n) is 5.31. The molecule has 0 bridgehead atoms. The predicted octanol–water partition coefficient (Wildman–Crippen LogP) is 6.67. The fourth-order valence-corrected chi connectivity index (χ4v) is 6.01. The van der Waals surface area contributed by atoms with Crippen LogP contribution in [0.5, 0.6) is 5.75 Å². The maximum atomic E-state index is 13.5. The van der Waals surface area contributed by atoms with E-state index in [-0.39, 0.29) is 5.75 Å². The molecule has 0 saturated heterocycles. The fraction of sp³-hybridized carbons (Fsp3) is 0.250. The van der Waals surface area contributed by atoms with Crippen LogP contribution in [0.4, 0.5) is 4.39 Å². The molecule has 1 saturated carbocycles. The quantitative estimate of drug-likeness (QED) is 0.502. The molecule has 1 fully saturated rings. The van der Waals surface area contributed by atoms with E-state index in [1.165, 1.54) is 49.8 Å². The van der Waals surface area contributed by atoms with Gasteiger partial charge >= 0.3 is 0 Å². The molecule has 1 N–H and O–H groups in total. The van der Waals surface area contributed by atoms with E-state index in [0.29, 0.717) is 5.92 Å². The van der Waals surface area contributed by atoms with E-state index >= 15 is 0 Å². The number of benzene rings is 3. The Labute approximate surface area is 163 Å². The average Bonchev–Trinajstić information content (AvgIpc) is 2.72. The van der Waals surface area contributed by atoms with Crippen LogP contribution in [0.1, 0.15) is 43.6 Å². The minimum atomic E-state index is -0.464. The first-order valence-electron chi connectivity index (χ1n) is 9.60. The maximum Gasteiger partial charge on any atom is 0.208 e. The monoisotopic (exact) mass is 379 g/mol. The lowest BCUT2D eigenvalue weighted by Gasteiger charge is -2.22. The molecule has 0 heterocycles. The van der Waals surface area contributed by atoms with Crippen molar-refractivity contribution in [2.24, 2.45) is 0 Å². The van der Waals surface area contributed by atoms with Crippen molar-refractivity contribution < 1.29 is 9.50 Å². The SMILES string of the molecule is Oc1cc(F)ccc1[S+](c1ccccc1)c1ccc(C2CCCCC2)cc1. The predicted molar refractivity (Wildman–Crippen MR) is 109 cm³/mol. The molecular weight excluding hydrogens is 355 g/mol. The zero-order valence-corrected chi connectivity index (χ0v) is 16.1. The van der Waals surface area contributed by atoms with E-state index < -0.39 is 16.7 Å². The average molecular weight is 380 g/mol. The second-order valence-electron chi connectivity index (χ2n) is 7.14. The van der Waals surface area contributed by atoms with Crippen molar-refractivity contribution in [3.63, 3.8) is 0 Å². The Kier molecular flexibility index (Phi) is 5.49.